The maximum Gasteiger partial charge on any atom is 0.134 e. The summed E-state index contributed by atoms with van der Waals surface area (Å²) < 4.78 is 5.81. The van der Waals surface area contributed by atoms with Crippen molar-refractivity contribution in [3.63, 3.8) is 0 Å². The Hall–Kier alpha value is -1.28. The first-order chi connectivity index (χ1) is 9.15. The van der Waals surface area contributed by atoms with E-state index in [0.29, 0.717) is 5.76 Å². The van der Waals surface area contributed by atoms with Crippen molar-refractivity contribution in [2.24, 2.45) is 5.41 Å². The van der Waals surface area contributed by atoms with Crippen LogP contribution >= 0.6 is 0 Å². The van der Waals surface area contributed by atoms with E-state index in [1.807, 2.05) is 32.9 Å². The Bertz CT molecular complexity index is 599. The van der Waals surface area contributed by atoms with Gasteiger partial charge >= 0.3 is 0 Å². The molecule has 0 amide bonds. The molecule has 20 heavy (non-hydrogen) atoms. The lowest BCUT2D eigenvalue weighted by molar-refractivity contribution is 0.0448. The molecule has 2 aromatic rings. The largest absolute Gasteiger partial charge is 0.458 e. The molecule has 110 valence electrons. The predicted molar refractivity (Wildman–Crippen MR) is 83.9 cm³/mol. The number of hydrogen-bond acceptors (Lipinski definition) is 2. The summed E-state index contributed by atoms with van der Waals surface area (Å²) in [7, 11) is 0. The molecule has 1 aromatic carbocycles. The summed E-state index contributed by atoms with van der Waals surface area (Å²) in [5.74, 6) is 0.652. The van der Waals surface area contributed by atoms with Gasteiger partial charge in [0.2, 0.25) is 0 Å². The van der Waals surface area contributed by atoms with Crippen LogP contribution in [-0.2, 0) is 5.41 Å². The number of benzene rings is 1. The highest BCUT2D eigenvalue weighted by Gasteiger charge is 2.27. The average molecular weight is 274 g/mol. The van der Waals surface area contributed by atoms with E-state index in [0.717, 1.165) is 17.4 Å². The zero-order valence-corrected chi connectivity index (χ0v) is 13.4. The number of rotatable bonds is 3. The van der Waals surface area contributed by atoms with Crippen LogP contribution < -0.4 is 0 Å². The van der Waals surface area contributed by atoms with E-state index in [1.54, 1.807) is 0 Å². The van der Waals surface area contributed by atoms with Gasteiger partial charge in [-0.3, -0.25) is 0 Å². The topological polar surface area (TPSA) is 33.4 Å². The molecule has 1 atom stereocenters. The van der Waals surface area contributed by atoms with Gasteiger partial charge in [-0.1, -0.05) is 47.6 Å². The second-order valence-electron chi connectivity index (χ2n) is 7.41. The first kappa shape index (κ1) is 15.1. The lowest BCUT2D eigenvalue weighted by Gasteiger charge is -2.23. The molecule has 0 spiro atoms. The van der Waals surface area contributed by atoms with E-state index in [4.69, 9.17) is 4.42 Å². The highest BCUT2D eigenvalue weighted by molar-refractivity contribution is 5.79. The van der Waals surface area contributed by atoms with Gasteiger partial charge in [-0.2, -0.15) is 0 Å². The van der Waals surface area contributed by atoms with Crippen LogP contribution in [0.25, 0.3) is 11.0 Å². The molecule has 1 aromatic heterocycles. The van der Waals surface area contributed by atoms with Crippen molar-refractivity contribution in [1.82, 2.24) is 0 Å². The number of furan rings is 1. The minimum atomic E-state index is -0.586. The van der Waals surface area contributed by atoms with Crippen molar-refractivity contribution in [2.45, 2.75) is 59.5 Å². The zero-order chi connectivity index (χ0) is 15.1. The first-order valence-corrected chi connectivity index (χ1v) is 7.37. The van der Waals surface area contributed by atoms with Crippen molar-refractivity contribution >= 4 is 11.0 Å². The fourth-order valence-corrected chi connectivity index (χ4v) is 2.25. The summed E-state index contributed by atoms with van der Waals surface area (Å²) >= 11 is 0. The summed E-state index contributed by atoms with van der Waals surface area (Å²) in [6.07, 6.45) is 0.505. The minimum absolute atomic E-state index is 0.161. The highest BCUT2D eigenvalue weighted by Crippen LogP contribution is 2.37. The molecule has 0 saturated carbocycles. The van der Waals surface area contributed by atoms with Crippen LogP contribution in [0.3, 0.4) is 0 Å². The van der Waals surface area contributed by atoms with Crippen molar-refractivity contribution in [3.8, 4) is 0 Å². The van der Waals surface area contributed by atoms with Crippen molar-refractivity contribution in [3.05, 3.63) is 35.6 Å². The van der Waals surface area contributed by atoms with Crippen LogP contribution in [0.15, 0.2) is 28.7 Å². The second kappa shape index (κ2) is 4.92. The van der Waals surface area contributed by atoms with Crippen LogP contribution in [0.4, 0.5) is 0 Å². The minimum Gasteiger partial charge on any atom is -0.458 e. The Morgan fingerprint density at radius 1 is 1.10 bits per heavy atom. The average Bonchev–Trinajstić information content (AvgIpc) is 2.79. The summed E-state index contributed by atoms with van der Waals surface area (Å²) in [5.41, 5.74) is 2.09. The van der Waals surface area contributed by atoms with Gasteiger partial charge in [0.25, 0.3) is 0 Å². The van der Waals surface area contributed by atoms with E-state index in [9.17, 15) is 5.11 Å². The molecule has 0 aliphatic carbocycles. The summed E-state index contributed by atoms with van der Waals surface area (Å²) in [6.45, 7) is 12.7. The third kappa shape index (κ3) is 2.76. The molecule has 1 N–H and O–H groups in total. The van der Waals surface area contributed by atoms with Crippen LogP contribution in [0.5, 0.6) is 0 Å². The molecule has 1 heterocycles. The van der Waals surface area contributed by atoms with Crippen LogP contribution in [0.2, 0.25) is 0 Å². The summed E-state index contributed by atoms with van der Waals surface area (Å²) in [4.78, 5) is 0. The van der Waals surface area contributed by atoms with Gasteiger partial charge in [-0.15, -0.1) is 0 Å². The molecule has 2 nitrogen and oxygen atoms in total. The molecular weight excluding hydrogens is 248 g/mol. The Morgan fingerprint density at radius 3 is 2.30 bits per heavy atom. The van der Waals surface area contributed by atoms with Crippen LogP contribution in [-0.4, -0.2) is 5.11 Å². The Kier molecular flexibility index (Phi) is 3.72. The van der Waals surface area contributed by atoms with Crippen molar-refractivity contribution < 1.29 is 9.52 Å². The number of aliphatic hydroxyl groups excluding tert-OH is 1. The Balaban J connectivity index is 2.46. The molecule has 2 rings (SSSR count). The maximum absolute atomic E-state index is 10.3. The van der Waals surface area contributed by atoms with E-state index in [2.05, 4.69) is 32.9 Å². The molecule has 0 fully saturated rings. The highest BCUT2D eigenvalue weighted by atomic mass is 16.4. The molecule has 0 saturated heterocycles. The van der Waals surface area contributed by atoms with E-state index in [1.165, 1.54) is 5.56 Å². The third-order valence-electron chi connectivity index (χ3n) is 4.29. The van der Waals surface area contributed by atoms with Gasteiger partial charge in [-0.05, 0) is 41.0 Å². The van der Waals surface area contributed by atoms with Crippen molar-refractivity contribution in [1.29, 1.82) is 0 Å². The van der Waals surface area contributed by atoms with Gasteiger partial charge in [0.05, 0.1) is 0 Å². The molecule has 2 heteroatoms. The number of aliphatic hydroxyl groups is 1. The van der Waals surface area contributed by atoms with Crippen LogP contribution in [0, 0.1) is 5.41 Å². The van der Waals surface area contributed by atoms with Gasteiger partial charge in [0.15, 0.2) is 0 Å². The summed E-state index contributed by atoms with van der Waals surface area (Å²) in [5, 5.41) is 11.4. The molecule has 0 radical (unpaired) electrons. The van der Waals surface area contributed by atoms with Gasteiger partial charge in [-0.25, -0.2) is 0 Å². The molecular formula is C18H26O2. The monoisotopic (exact) mass is 274 g/mol. The molecule has 0 aliphatic heterocycles. The predicted octanol–water partition coefficient (Wildman–Crippen LogP) is 5.20. The zero-order valence-electron chi connectivity index (χ0n) is 13.4. The first-order valence-electron chi connectivity index (χ1n) is 7.37. The van der Waals surface area contributed by atoms with Gasteiger partial charge < -0.3 is 9.52 Å². The normalized spacial score (nSPS) is 14.8. The maximum atomic E-state index is 10.3. The fourth-order valence-electron chi connectivity index (χ4n) is 2.25. The SMILES string of the molecule is CCC(C)(C)c1ccc2oc(C(O)C(C)(C)C)cc2c1. The Labute approximate surface area is 121 Å². The lowest BCUT2D eigenvalue weighted by Crippen LogP contribution is -2.17. The van der Waals surface area contributed by atoms with E-state index < -0.39 is 6.10 Å². The molecule has 0 aliphatic rings. The standard InChI is InChI=1S/C18H26O2/c1-7-18(5,6)13-8-9-14-12(10-13)11-15(20-14)16(19)17(2,3)4/h8-11,16,19H,7H2,1-6H3. The molecule has 0 bridgehead atoms. The molecule has 1 unspecified atom stereocenters. The van der Waals surface area contributed by atoms with Crippen LogP contribution in [0.1, 0.15) is 65.4 Å². The fraction of sp³-hybridized carbons (Fsp3) is 0.556. The van der Waals surface area contributed by atoms with E-state index >= 15 is 0 Å². The quantitative estimate of drug-likeness (QED) is 0.834. The van der Waals surface area contributed by atoms with Crippen molar-refractivity contribution in [2.75, 3.05) is 0 Å². The van der Waals surface area contributed by atoms with Gasteiger partial charge in [0, 0.05) is 5.39 Å². The second-order valence-corrected chi connectivity index (χ2v) is 7.41. The smallest absolute Gasteiger partial charge is 0.134 e. The number of fused-ring (bicyclic) bond motifs is 1. The Morgan fingerprint density at radius 2 is 1.75 bits per heavy atom. The van der Waals surface area contributed by atoms with Gasteiger partial charge in [0.1, 0.15) is 17.4 Å². The summed E-state index contributed by atoms with van der Waals surface area (Å²) in [6, 6.07) is 8.30. The van der Waals surface area contributed by atoms with E-state index in [-0.39, 0.29) is 10.8 Å². The third-order valence-corrected chi connectivity index (χ3v) is 4.29. The lowest BCUT2D eigenvalue weighted by atomic mass is 9.82. The number of hydrogen-bond donors (Lipinski definition) is 1.